The van der Waals surface area contributed by atoms with Crippen LogP contribution < -0.4 is 0 Å². The molecular weight excluding hydrogens is 331 g/mol. The second kappa shape index (κ2) is 6.68. The van der Waals surface area contributed by atoms with Crippen LogP contribution in [-0.4, -0.2) is 42.5 Å². The molecule has 1 saturated heterocycles. The number of halogens is 1. The molecule has 126 valence electrons. The molecule has 2 heterocycles. The fourth-order valence-electron chi connectivity index (χ4n) is 2.86. The molecule has 1 aromatic carbocycles. The molecule has 0 N–H and O–H groups in total. The molecule has 1 amide bonds. The molecule has 0 spiro atoms. The van der Waals surface area contributed by atoms with Crippen molar-refractivity contribution in [2.24, 2.45) is 0 Å². The number of hydrogen-bond donors (Lipinski definition) is 0. The van der Waals surface area contributed by atoms with E-state index in [1.807, 2.05) is 0 Å². The van der Waals surface area contributed by atoms with E-state index < -0.39 is 20.9 Å². The van der Waals surface area contributed by atoms with Gasteiger partial charge in [-0.05, 0) is 49.2 Å². The van der Waals surface area contributed by atoms with E-state index in [0.29, 0.717) is 24.9 Å². The lowest BCUT2D eigenvalue weighted by molar-refractivity contribution is 0.0726. The zero-order valence-electron chi connectivity index (χ0n) is 12.9. The Morgan fingerprint density at radius 2 is 1.96 bits per heavy atom. The minimum absolute atomic E-state index is 0.0876. The van der Waals surface area contributed by atoms with Crippen molar-refractivity contribution in [3.63, 3.8) is 0 Å². The highest BCUT2D eigenvalue weighted by molar-refractivity contribution is 7.92. The summed E-state index contributed by atoms with van der Waals surface area (Å²) in [5.41, 5.74) is 0.442. The molecular formula is C17H17FN2O3S. The minimum atomic E-state index is -3.60. The van der Waals surface area contributed by atoms with Crippen molar-refractivity contribution in [3.8, 4) is 0 Å². The maximum absolute atomic E-state index is 13.0. The predicted octanol–water partition coefficient (Wildman–Crippen LogP) is 2.30. The Hall–Kier alpha value is -2.28. The molecule has 1 aromatic heterocycles. The summed E-state index contributed by atoms with van der Waals surface area (Å²) in [6.07, 6.45) is 4.14. The lowest BCUT2D eigenvalue weighted by Gasteiger charge is -2.32. The summed E-state index contributed by atoms with van der Waals surface area (Å²) in [6.45, 7) is 0.649. The topological polar surface area (TPSA) is 67.3 Å². The zero-order valence-corrected chi connectivity index (χ0v) is 13.7. The van der Waals surface area contributed by atoms with Gasteiger partial charge < -0.3 is 4.90 Å². The number of piperidine rings is 1. The summed E-state index contributed by atoms with van der Waals surface area (Å²) in [6, 6.07) is 8.14. The molecule has 24 heavy (non-hydrogen) atoms. The Labute approximate surface area is 140 Å². The summed E-state index contributed by atoms with van der Waals surface area (Å²) in [5, 5.41) is -0.683. The summed E-state index contributed by atoms with van der Waals surface area (Å²) in [4.78, 5) is 18.1. The first-order chi connectivity index (χ1) is 11.5. The highest BCUT2D eigenvalue weighted by Gasteiger charge is 2.34. The van der Waals surface area contributed by atoms with E-state index in [1.54, 1.807) is 23.2 Å². The van der Waals surface area contributed by atoms with Gasteiger partial charge in [0.1, 0.15) is 5.82 Å². The first kappa shape index (κ1) is 16.6. The second-order valence-electron chi connectivity index (χ2n) is 5.76. The average molecular weight is 348 g/mol. The number of aromatic nitrogens is 1. The smallest absolute Gasteiger partial charge is 0.255 e. The largest absolute Gasteiger partial charge is 0.337 e. The van der Waals surface area contributed by atoms with E-state index in [0.717, 1.165) is 12.1 Å². The van der Waals surface area contributed by atoms with Crippen LogP contribution in [0.15, 0.2) is 53.7 Å². The molecule has 0 saturated carbocycles. The third-order valence-electron chi connectivity index (χ3n) is 4.15. The van der Waals surface area contributed by atoms with Crippen molar-refractivity contribution < 1.29 is 17.6 Å². The molecule has 0 radical (unpaired) electrons. The van der Waals surface area contributed by atoms with Gasteiger partial charge in [-0.2, -0.15) is 0 Å². The third-order valence-corrected chi connectivity index (χ3v) is 6.35. The normalized spacial score (nSPS) is 18.4. The predicted molar refractivity (Wildman–Crippen MR) is 86.7 cm³/mol. The molecule has 5 nitrogen and oxygen atoms in total. The van der Waals surface area contributed by atoms with Gasteiger partial charge in [-0.25, -0.2) is 12.8 Å². The van der Waals surface area contributed by atoms with Gasteiger partial charge in [0, 0.05) is 25.5 Å². The summed E-state index contributed by atoms with van der Waals surface area (Å²) < 4.78 is 38.5. The first-order valence-electron chi connectivity index (χ1n) is 7.67. The second-order valence-corrected chi connectivity index (χ2v) is 7.98. The van der Waals surface area contributed by atoms with Crippen LogP contribution in [0.1, 0.15) is 23.2 Å². The van der Waals surface area contributed by atoms with Crippen LogP contribution in [0.3, 0.4) is 0 Å². The van der Waals surface area contributed by atoms with E-state index in [2.05, 4.69) is 4.98 Å². The van der Waals surface area contributed by atoms with Gasteiger partial charge in [0.15, 0.2) is 9.84 Å². The fraction of sp³-hybridized carbons (Fsp3) is 0.294. The van der Waals surface area contributed by atoms with E-state index >= 15 is 0 Å². The lowest BCUT2D eigenvalue weighted by Crippen LogP contribution is -2.45. The van der Waals surface area contributed by atoms with Crippen LogP contribution in [-0.2, 0) is 9.84 Å². The molecule has 7 heteroatoms. The van der Waals surface area contributed by atoms with Gasteiger partial charge in [0.2, 0.25) is 0 Å². The number of hydrogen-bond acceptors (Lipinski definition) is 4. The molecule has 0 aliphatic carbocycles. The highest BCUT2D eigenvalue weighted by Crippen LogP contribution is 2.25. The molecule has 1 atom stereocenters. The van der Waals surface area contributed by atoms with E-state index in [-0.39, 0.29) is 17.3 Å². The number of nitrogens with zero attached hydrogens (tertiary/aromatic N) is 2. The monoisotopic (exact) mass is 348 g/mol. The van der Waals surface area contributed by atoms with Crippen LogP contribution in [0.25, 0.3) is 0 Å². The number of sulfone groups is 1. The Bertz CT molecular complexity index is 823. The highest BCUT2D eigenvalue weighted by atomic mass is 32.2. The van der Waals surface area contributed by atoms with Gasteiger partial charge in [0.05, 0.1) is 15.7 Å². The van der Waals surface area contributed by atoms with Crippen molar-refractivity contribution in [2.75, 3.05) is 13.1 Å². The lowest BCUT2D eigenvalue weighted by atomic mass is 10.1. The molecule has 1 aliphatic heterocycles. The number of likely N-dealkylation sites (tertiary alicyclic amines) is 1. The quantitative estimate of drug-likeness (QED) is 0.798. The Kier molecular flexibility index (Phi) is 4.62. The number of carbonyl (C=O) groups excluding carboxylic acids is 1. The third kappa shape index (κ3) is 3.31. The summed E-state index contributed by atoms with van der Waals surface area (Å²) in [5.74, 6) is -0.701. The standard InChI is InChI=1S/C17H17FN2O3S/c18-14-5-7-15(8-6-14)24(22,23)16-4-2-10-20(12-16)17(21)13-3-1-9-19-11-13/h1,3,5-9,11,16H,2,4,10,12H2. The van der Waals surface area contributed by atoms with E-state index in [1.165, 1.54) is 18.3 Å². The van der Waals surface area contributed by atoms with Gasteiger partial charge in [-0.3, -0.25) is 9.78 Å². The Balaban J connectivity index is 1.80. The van der Waals surface area contributed by atoms with Gasteiger partial charge in [0.25, 0.3) is 5.91 Å². The number of rotatable bonds is 3. The van der Waals surface area contributed by atoms with Crippen molar-refractivity contribution in [3.05, 3.63) is 60.2 Å². The van der Waals surface area contributed by atoms with Crippen LogP contribution in [0.2, 0.25) is 0 Å². The molecule has 1 fully saturated rings. The number of benzene rings is 1. The number of carbonyl (C=O) groups is 1. The van der Waals surface area contributed by atoms with Crippen molar-refractivity contribution in [2.45, 2.75) is 23.0 Å². The van der Waals surface area contributed by atoms with E-state index in [4.69, 9.17) is 0 Å². The minimum Gasteiger partial charge on any atom is -0.337 e. The molecule has 1 unspecified atom stereocenters. The summed E-state index contributed by atoms with van der Waals surface area (Å²) in [7, 11) is -3.60. The maximum Gasteiger partial charge on any atom is 0.255 e. The average Bonchev–Trinajstić information content (AvgIpc) is 2.62. The Morgan fingerprint density at radius 1 is 1.21 bits per heavy atom. The first-order valence-corrected chi connectivity index (χ1v) is 9.22. The summed E-state index contributed by atoms with van der Waals surface area (Å²) >= 11 is 0. The molecule has 2 aromatic rings. The van der Waals surface area contributed by atoms with Crippen LogP contribution >= 0.6 is 0 Å². The van der Waals surface area contributed by atoms with Gasteiger partial charge in [-0.1, -0.05) is 0 Å². The van der Waals surface area contributed by atoms with Crippen LogP contribution in [0.4, 0.5) is 4.39 Å². The van der Waals surface area contributed by atoms with Crippen LogP contribution in [0.5, 0.6) is 0 Å². The van der Waals surface area contributed by atoms with Crippen LogP contribution in [0, 0.1) is 5.82 Å². The van der Waals surface area contributed by atoms with Gasteiger partial charge >= 0.3 is 0 Å². The SMILES string of the molecule is O=C(c1cccnc1)N1CCCC(S(=O)(=O)c2ccc(F)cc2)C1. The molecule has 3 rings (SSSR count). The molecule has 0 bridgehead atoms. The molecule has 1 aliphatic rings. The van der Waals surface area contributed by atoms with Crippen molar-refractivity contribution in [1.82, 2.24) is 9.88 Å². The van der Waals surface area contributed by atoms with E-state index in [9.17, 15) is 17.6 Å². The van der Waals surface area contributed by atoms with Crippen molar-refractivity contribution in [1.29, 1.82) is 0 Å². The number of amides is 1. The van der Waals surface area contributed by atoms with Gasteiger partial charge in [-0.15, -0.1) is 0 Å². The Morgan fingerprint density at radius 3 is 2.62 bits per heavy atom. The fourth-order valence-corrected chi connectivity index (χ4v) is 4.62. The van der Waals surface area contributed by atoms with Crippen molar-refractivity contribution >= 4 is 15.7 Å². The number of pyridine rings is 1. The zero-order chi connectivity index (χ0) is 17.2. The maximum atomic E-state index is 13.0.